The van der Waals surface area contributed by atoms with E-state index in [-0.39, 0.29) is 0 Å². The van der Waals surface area contributed by atoms with Crippen molar-refractivity contribution >= 4 is 11.8 Å². The fourth-order valence-corrected chi connectivity index (χ4v) is 4.50. The van der Waals surface area contributed by atoms with Gasteiger partial charge in [0.15, 0.2) is 0 Å². The molecule has 20 heavy (non-hydrogen) atoms. The Morgan fingerprint density at radius 1 is 1.25 bits per heavy atom. The van der Waals surface area contributed by atoms with Crippen LogP contribution in [0, 0.1) is 0 Å². The number of hydrogen-bond donors (Lipinski definition) is 1. The summed E-state index contributed by atoms with van der Waals surface area (Å²) in [6, 6.07) is 9.71. The van der Waals surface area contributed by atoms with Crippen LogP contribution >= 0.6 is 11.8 Å². The normalized spacial score (nSPS) is 17.5. The van der Waals surface area contributed by atoms with Gasteiger partial charge in [-0.25, -0.2) is 0 Å². The molecule has 1 aromatic carbocycles. The average molecular weight is 292 g/mol. The van der Waals surface area contributed by atoms with Crippen LogP contribution in [0.25, 0.3) is 0 Å². The SMILES string of the molecule is CCCc1cccc(C(CSC2CCCC2)NCC)c1. The molecule has 1 aromatic rings. The van der Waals surface area contributed by atoms with Crippen LogP contribution in [0.4, 0.5) is 0 Å². The van der Waals surface area contributed by atoms with Crippen molar-refractivity contribution < 1.29 is 0 Å². The van der Waals surface area contributed by atoms with E-state index in [0.717, 1.165) is 11.8 Å². The molecule has 0 aliphatic heterocycles. The van der Waals surface area contributed by atoms with E-state index in [4.69, 9.17) is 0 Å². The Bertz CT molecular complexity index is 385. The van der Waals surface area contributed by atoms with Gasteiger partial charge in [-0.15, -0.1) is 0 Å². The first-order chi connectivity index (χ1) is 9.83. The minimum absolute atomic E-state index is 0.516. The Balaban J connectivity index is 1.96. The number of rotatable bonds is 8. The fraction of sp³-hybridized carbons (Fsp3) is 0.667. The van der Waals surface area contributed by atoms with E-state index in [2.05, 4.69) is 55.2 Å². The first kappa shape index (κ1) is 15.9. The molecule has 0 aromatic heterocycles. The lowest BCUT2D eigenvalue weighted by molar-refractivity contribution is 0.604. The minimum atomic E-state index is 0.516. The van der Waals surface area contributed by atoms with Crippen LogP contribution in [0.5, 0.6) is 0 Å². The van der Waals surface area contributed by atoms with E-state index in [1.807, 2.05) is 0 Å². The van der Waals surface area contributed by atoms with Gasteiger partial charge in [-0.2, -0.15) is 11.8 Å². The Morgan fingerprint density at radius 3 is 2.75 bits per heavy atom. The topological polar surface area (TPSA) is 12.0 Å². The highest BCUT2D eigenvalue weighted by atomic mass is 32.2. The van der Waals surface area contributed by atoms with Gasteiger partial charge in [0.05, 0.1) is 0 Å². The average Bonchev–Trinajstić information content (AvgIpc) is 2.97. The molecule has 1 saturated carbocycles. The van der Waals surface area contributed by atoms with E-state index < -0.39 is 0 Å². The summed E-state index contributed by atoms with van der Waals surface area (Å²) < 4.78 is 0. The van der Waals surface area contributed by atoms with Crippen molar-refractivity contribution in [2.24, 2.45) is 0 Å². The van der Waals surface area contributed by atoms with Gasteiger partial charge in [0.2, 0.25) is 0 Å². The summed E-state index contributed by atoms with van der Waals surface area (Å²) in [7, 11) is 0. The van der Waals surface area contributed by atoms with Crippen molar-refractivity contribution in [3.05, 3.63) is 35.4 Å². The largest absolute Gasteiger partial charge is 0.310 e. The van der Waals surface area contributed by atoms with Gasteiger partial charge < -0.3 is 5.32 Å². The highest BCUT2D eigenvalue weighted by Crippen LogP contribution is 2.32. The molecule has 1 unspecified atom stereocenters. The number of benzene rings is 1. The van der Waals surface area contributed by atoms with Gasteiger partial charge in [-0.05, 0) is 36.9 Å². The van der Waals surface area contributed by atoms with Crippen LogP contribution in [-0.4, -0.2) is 17.5 Å². The van der Waals surface area contributed by atoms with E-state index >= 15 is 0 Å². The third kappa shape index (κ3) is 4.82. The third-order valence-electron chi connectivity index (χ3n) is 4.14. The molecular weight excluding hydrogens is 262 g/mol. The van der Waals surface area contributed by atoms with Crippen LogP contribution in [-0.2, 0) is 6.42 Å². The van der Waals surface area contributed by atoms with Crippen molar-refractivity contribution in [1.29, 1.82) is 0 Å². The Labute approximate surface area is 128 Å². The smallest absolute Gasteiger partial charge is 0.0411 e. The first-order valence-corrected chi connectivity index (χ1v) is 9.32. The number of thioether (sulfide) groups is 1. The zero-order chi connectivity index (χ0) is 14.2. The molecule has 112 valence electrons. The van der Waals surface area contributed by atoms with Gasteiger partial charge >= 0.3 is 0 Å². The molecule has 1 N–H and O–H groups in total. The molecule has 0 spiro atoms. The number of aryl methyl sites for hydroxylation is 1. The predicted molar refractivity (Wildman–Crippen MR) is 91.6 cm³/mol. The molecule has 2 rings (SSSR count). The zero-order valence-electron chi connectivity index (χ0n) is 13.0. The molecule has 1 atom stereocenters. The molecular formula is C18H29NS. The Hall–Kier alpha value is -0.470. The fourth-order valence-electron chi connectivity index (χ4n) is 3.06. The second-order valence-electron chi connectivity index (χ2n) is 5.85. The molecule has 1 aliphatic carbocycles. The molecule has 0 amide bonds. The van der Waals surface area contributed by atoms with Crippen molar-refractivity contribution in [2.45, 2.75) is 63.7 Å². The molecule has 1 fully saturated rings. The monoisotopic (exact) mass is 291 g/mol. The van der Waals surface area contributed by atoms with Gasteiger partial charge in [0.25, 0.3) is 0 Å². The molecule has 0 radical (unpaired) electrons. The zero-order valence-corrected chi connectivity index (χ0v) is 13.8. The Kier molecular flexibility index (Phi) is 6.95. The Morgan fingerprint density at radius 2 is 2.05 bits per heavy atom. The van der Waals surface area contributed by atoms with E-state index in [9.17, 15) is 0 Å². The molecule has 1 nitrogen and oxygen atoms in total. The summed E-state index contributed by atoms with van der Waals surface area (Å²) in [5.74, 6) is 1.22. The minimum Gasteiger partial charge on any atom is -0.310 e. The van der Waals surface area contributed by atoms with Gasteiger partial charge in [0.1, 0.15) is 0 Å². The second kappa shape index (κ2) is 8.74. The van der Waals surface area contributed by atoms with Gasteiger partial charge in [-0.1, -0.05) is 57.4 Å². The second-order valence-corrected chi connectivity index (χ2v) is 7.18. The third-order valence-corrected chi connectivity index (χ3v) is 5.61. The highest BCUT2D eigenvalue weighted by Gasteiger charge is 2.18. The summed E-state index contributed by atoms with van der Waals surface area (Å²) in [6.07, 6.45) is 8.17. The lowest BCUT2D eigenvalue weighted by Crippen LogP contribution is -2.23. The van der Waals surface area contributed by atoms with Crippen LogP contribution in [0.3, 0.4) is 0 Å². The van der Waals surface area contributed by atoms with Gasteiger partial charge in [-0.3, -0.25) is 0 Å². The van der Waals surface area contributed by atoms with E-state index in [1.165, 1.54) is 55.4 Å². The van der Waals surface area contributed by atoms with Crippen molar-refractivity contribution in [2.75, 3.05) is 12.3 Å². The van der Waals surface area contributed by atoms with Gasteiger partial charge in [0, 0.05) is 17.0 Å². The van der Waals surface area contributed by atoms with E-state index in [0.29, 0.717) is 6.04 Å². The molecule has 1 aliphatic rings. The summed E-state index contributed by atoms with van der Waals surface area (Å²) in [5, 5.41) is 4.58. The first-order valence-electron chi connectivity index (χ1n) is 8.27. The summed E-state index contributed by atoms with van der Waals surface area (Å²) in [5.41, 5.74) is 2.96. The molecule has 0 bridgehead atoms. The van der Waals surface area contributed by atoms with Crippen LogP contribution in [0.15, 0.2) is 24.3 Å². The maximum absolute atomic E-state index is 3.67. The molecule has 0 heterocycles. The number of hydrogen-bond acceptors (Lipinski definition) is 2. The highest BCUT2D eigenvalue weighted by molar-refractivity contribution is 7.99. The van der Waals surface area contributed by atoms with Crippen LogP contribution < -0.4 is 5.32 Å². The molecule has 0 saturated heterocycles. The van der Waals surface area contributed by atoms with Crippen molar-refractivity contribution in [1.82, 2.24) is 5.32 Å². The molecule has 2 heteroatoms. The summed E-state index contributed by atoms with van der Waals surface area (Å²) >= 11 is 2.18. The summed E-state index contributed by atoms with van der Waals surface area (Å²) in [4.78, 5) is 0. The quantitative estimate of drug-likeness (QED) is 0.726. The standard InChI is InChI=1S/C18H29NS/c1-3-8-15-9-7-10-16(13-15)18(19-4-2)14-20-17-11-5-6-12-17/h7,9-10,13,17-19H,3-6,8,11-12,14H2,1-2H3. The number of nitrogens with one attached hydrogen (secondary N) is 1. The maximum atomic E-state index is 3.67. The maximum Gasteiger partial charge on any atom is 0.0411 e. The lowest BCUT2D eigenvalue weighted by Gasteiger charge is -2.20. The predicted octanol–water partition coefficient (Wildman–Crippen LogP) is 4.97. The van der Waals surface area contributed by atoms with E-state index in [1.54, 1.807) is 0 Å². The lowest BCUT2D eigenvalue weighted by atomic mass is 10.0. The van der Waals surface area contributed by atoms with Crippen LogP contribution in [0.2, 0.25) is 0 Å². The van der Waals surface area contributed by atoms with Crippen LogP contribution in [0.1, 0.15) is 63.1 Å². The summed E-state index contributed by atoms with van der Waals surface area (Å²) in [6.45, 7) is 5.52. The van der Waals surface area contributed by atoms with Crippen molar-refractivity contribution in [3.63, 3.8) is 0 Å². The van der Waals surface area contributed by atoms with Crippen molar-refractivity contribution in [3.8, 4) is 0 Å².